The number of nitrogens with zero attached hydrogens (tertiary/aromatic N) is 1. The molecule has 0 radical (unpaired) electrons. The highest BCUT2D eigenvalue weighted by molar-refractivity contribution is 7.92. The van der Waals surface area contributed by atoms with E-state index in [-0.39, 0.29) is 16.7 Å². The van der Waals surface area contributed by atoms with Crippen molar-refractivity contribution < 1.29 is 22.6 Å². The van der Waals surface area contributed by atoms with E-state index in [0.29, 0.717) is 5.75 Å². The van der Waals surface area contributed by atoms with Gasteiger partial charge in [0.05, 0.1) is 7.11 Å². The first-order valence-electron chi connectivity index (χ1n) is 11.6. The Morgan fingerprint density at radius 1 is 1.00 bits per heavy atom. The van der Waals surface area contributed by atoms with Gasteiger partial charge >= 0.3 is 0 Å². The number of hydrogen-bond acceptors (Lipinski definition) is 6. The van der Waals surface area contributed by atoms with Gasteiger partial charge in [-0.15, -0.1) is 0 Å². The third-order valence-electron chi connectivity index (χ3n) is 7.21. The quantitative estimate of drug-likeness (QED) is 0.664. The van der Waals surface area contributed by atoms with Gasteiger partial charge < -0.3 is 19.1 Å². The van der Waals surface area contributed by atoms with E-state index in [1.807, 2.05) is 24.3 Å². The van der Waals surface area contributed by atoms with E-state index in [1.54, 1.807) is 25.1 Å². The number of hydrogen-bond donors (Lipinski definition) is 0. The van der Waals surface area contributed by atoms with Crippen LogP contribution in [0.4, 0.5) is 0 Å². The standard InChI is InChI=1S/C25H31NO5S/c1-17-24(31-25-22(29-2)7-4-8-23(25)32(17,27)28)18-9-11-20(12-10-18)30-21-13-15-26(16-14-21)19-5-3-6-19/h4,7-12,17,19,21,24H,3,5-6,13-16H2,1-2H3/t17-,24-/m1/s1. The average molecular weight is 458 g/mol. The highest BCUT2D eigenvalue weighted by atomic mass is 32.2. The summed E-state index contributed by atoms with van der Waals surface area (Å²) in [5.74, 6) is 1.54. The van der Waals surface area contributed by atoms with Gasteiger partial charge in [-0.1, -0.05) is 24.6 Å². The zero-order valence-corrected chi connectivity index (χ0v) is 19.5. The summed E-state index contributed by atoms with van der Waals surface area (Å²) in [4.78, 5) is 2.80. The maximum Gasteiger partial charge on any atom is 0.188 e. The van der Waals surface area contributed by atoms with Crippen LogP contribution in [-0.2, 0) is 9.84 Å². The molecule has 2 heterocycles. The van der Waals surface area contributed by atoms with E-state index in [4.69, 9.17) is 14.2 Å². The van der Waals surface area contributed by atoms with Gasteiger partial charge in [-0.2, -0.15) is 0 Å². The minimum atomic E-state index is -3.53. The minimum Gasteiger partial charge on any atom is -0.493 e. The van der Waals surface area contributed by atoms with E-state index in [0.717, 1.165) is 43.3 Å². The summed E-state index contributed by atoms with van der Waals surface area (Å²) in [5.41, 5.74) is 0.810. The van der Waals surface area contributed by atoms with Crippen molar-refractivity contribution in [2.24, 2.45) is 0 Å². The van der Waals surface area contributed by atoms with E-state index >= 15 is 0 Å². The maximum atomic E-state index is 13.1. The Balaban J connectivity index is 1.28. The molecule has 7 heteroatoms. The summed E-state index contributed by atoms with van der Waals surface area (Å²) >= 11 is 0. The lowest BCUT2D eigenvalue weighted by atomic mass is 9.90. The first-order valence-corrected chi connectivity index (χ1v) is 13.1. The van der Waals surface area contributed by atoms with Crippen LogP contribution in [0.2, 0.25) is 0 Å². The van der Waals surface area contributed by atoms with Crippen LogP contribution in [-0.4, -0.2) is 50.9 Å². The van der Waals surface area contributed by atoms with Crippen LogP contribution >= 0.6 is 0 Å². The van der Waals surface area contributed by atoms with E-state index in [1.165, 1.54) is 26.4 Å². The zero-order chi connectivity index (χ0) is 22.3. The number of benzene rings is 2. The minimum absolute atomic E-state index is 0.189. The Labute approximate surface area is 190 Å². The molecule has 2 atom stereocenters. The molecule has 0 amide bonds. The fourth-order valence-electron chi connectivity index (χ4n) is 4.96. The lowest BCUT2D eigenvalue weighted by Gasteiger charge is -2.41. The summed E-state index contributed by atoms with van der Waals surface area (Å²) < 4.78 is 44.0. The summed E-state index contributed by atoms with van der Waals surface area (Å²) in [7, 11) is -2.02. The molecule has 0 N–H and O–H groups in total. The molecular formula is C25H31NO5S. The number of rotatable bonds is 5. The molecule has 2 aromatic rings. The Bertz CT molecular complexity index is 1060. The molecule has 2 aromatic carbocycles. The largest absolute Gasteiger partial charge is 0.493 e. The number of piperidine rings is 1. The first kappa shape index (κ1) is 21.6. The van der Waals surface area contributed by atoms with Crippen molar-refractivity contribution in [3.63, 3.8) is 0 Å². The fraction of sp³-hybridized carbons (Fsp3) is 0.520. The zero-order valence-electron chi connectivity index (χ0n) is 18.7. The molecule has 0 aromatic heterocycles. The van der Waals surface area contributed by atoms with Crippen LogP contribution in [0.5, 0.6) is 17.2 Å². The smallest absolute Gasteiger partial charge is 0.188 e. The van der Waals surface area contributed by atoms with Gasteiger partial charge in [0, 0.05) is 19.1 Å². The van der Waals surface area contributed by atoms with Crippen molar-refractivity contribution in [1.82, 2.24) is 4.90 Å². The van der Waals surface area contributed by atoms with Crippen molar-refractivity contribution in [3.05, 3.63) is 48.0 Å². The number of sulfone groups is 1. The number of likely N-dealkylation sites (tertiary alicyclic amines) is 1. The van der Waals surface area contributed by atoms with Crippen LogP contribution in [0, 0.1) is 0 Å². The van der Waals surface area contributed by atoms with Crippen LogP contribution in [0.25, 0.3) is 0 Å². The van der Waals surface area contributed by atoms with Gasteiger partial charge in [-0.25, -0.2) is 8.42 Å². The summed E-state index contributed by atoms with van der Waals surface area (Å²) in [6.45, 7) is 3.92. The number of methoxy groups -OCH3 is 1. The summed E-state index contributed by atoms with van der Waals surface area (Å²) in [6.07, 6.45) is 5.80. The molecule has 1 aliphatic carbocycles. The van der Waals surface area contributed by atoms with Crippen LogP contribution < -0.4 is 14.2 Å². The number of para-hydroxylation sites is 1. The van der Waals surface area contributed by atoms with Crippen LogP contribution in [0.3, 0.4) is 0 Å². The Morgan fingerprint density at radius 2 is 1.72 bits per heavy atom. The third-order valence-corrected chi connectivity index (χ3v) is 9.37. The van der Waals surface area contributed by atoms with Crippen molar-refractivity contribution in [1.29, 1.82) is 0 Å². The lowest BCUT2D eigenvalue weighted by molar-refractivity contribution is 0.0493. The molecule has 2 fully saturated rings. The van der Waals surface area contributed by atoms with Crippen molar-refractivity contribution in [2.45, 2.75) is 67.4 Å². The molecule has 6 nitrogen and oxygen atoms in total. The number of ether oxygens (including phenoxy) is 3. The normalized spacial score (nSPS) is 25.9. The van der Waals surface area contributed by atoms with Crippen molar-refractivity contribution in [2.75, 3.05) is 20.2 Å². The topological polar surface area (TPSA) is 65.1 Å². The summed E-state index contributed by atoms with van der Waals surface area (Å²) in [6, 6.07) is 13.4. The van der Waals surface area contributed by atoms with Gasteiger partial charge in [-0.3, -0.25) is 0 Å². The van der Waals surface area contributed by atoms with Gasteiger partial charge in [0.15, 0.2) is 21.3 Å². The third kappa shape index (κ3) is 3.86. The second-order valence-electron chi connectivity index (χ2n) is 9.08. The predicted octanol–water partition coefficient (Wildman–Crippen LogP) is 4.39. The van der Waals surface area contributed by atoms with Crippen molar-refractivity contribution >= 4 is 9.84 Å². The first-order chi connectivity index (χ1) is 15.5. The molecule has 0 bridgehead atoms. The van der Waals surface area contributed by atoms with E-state index < -0.39 is 21.2 Å². The van der Waals surface area contributed by atoms with Gasteiger partial charge in [0.1, 0.15) is 28.1 Å². The SMILES string of the molecule is COc1cccc2c1O[C@@H](c1ccc(OC3CCN(C4CCC4)CC3)cc1)[C@@H](C)S2(=O)=O. The molecule has 0 unspecified atom stereocenters. The molecular weight excluding hydrogens is 426 g/mol. The molecule has 1 saturated heterocycles. The molecule has 1 saturated carbocycles. The molecule has 2 aliphatic heterocycles. The highest BCUT2D eigenvalue weighted by Gasteiger charge is 2.41. The molecule has 0 spiro atoms. The average Bonchev–Trinajstić information content (AvgIpc) is 2.77. The highest BCUT2D eigenvalue weighted by Crippen LogP contribution is 2.45. The molecule has 5 rings (SSSR count). The molecule has 172 valence electrons. The van der Waals surface area contributed by atoms with Crippen molar-refractivity contribution in [3.8, 4) is 17.2 Å². The lowest BCUT2D eigenvalue weighted by Crippen LogP contribution is -2.46. The molecule has 3 aliphatic rings. The monoisotopic (exact) mass is 457 g/mol. The van der Waals surface area contributed by atoms with E-state index in [2.05, 4.69) is 4.90 Å². The Hall–Kier alpha value is -2.25. The maximum absolute atomic E-state index is 13.1. The Kier molecular flexibility index (Phi) is 5.80. The second kappa shape index (κ2) is 8.60. The van der Waals surface area contributed by atoms with Gasteiger partial charge in [0.25, 0.3) is 0 Å². The van der Waals surface area contributed by atoms with Crippen LogP contribution in [0.1, 0.15) is 50.7 Å². The van der Waals surface area contributed by atoms with E-state index in [9.17, 15) is 8.42 Å². The number of fused-ring (bicyclic) bond motifs is 1. The fourth-order valence-corrected chi connectivity index (χ4v) is 6.57. The predicted molar refractivity (Wildman–Crippen MR) is 122 cm³/mol. The molecule has 32 heavy (non-hydrogen) atoms. The van der Waals surface area contributed by atoms with Gasteiger partial charge in [-0.05, 0) is 62.4 Å². The van der Waals surface area contributed by atoms with Crippen LogP contribution in [0.15, 0.2) is 47.4 Å². The summed E-state index contributed by atoms with van der Waals surface area (Å²) in [5, 5.41) is -0.704. The van der Waals surface area contributed by atoms with Gasteiger partial charge in [0.2, 0.25) is 0 Å². The second-order valence-corrected chi connectivity index (χ2v) is 11.4. The Morgan fingerprint density at radius 3 is 2.34 bits per heavy atom.